The molecule has 124 valence electrons. The van der Waals surface area contributed by atoms with Crippen LogP contribution in [0.25, 0.3) is 0 Å². The Balaban J connectivity index is 2.27. The zero-order chi connectivity index (χ0) is 17.4. The van der Waals surface area contributed by atoms with Crippen LogP contribution in [-0.4, -0.2) is 21.6 Å². The van der Waals surface area contributed by atoms with Crippen molar-refractivity contribution in [3.05, 3.63) is 78.2 Å². The van der Waals surface area contributed by atoms with Gasteiger partial charge in [0.1, 0.15) is 17.5 Å². The number of rotatable bonds is 3. The monoisotopic (exact) mass is 330 g/mol. The number of nitrogens with one attached hydrogen (secondary N) is 2. The van der Waals surface area contributed by atoms with Crippen molar-refractivity contribution in [2.24, 2.45) is 7.05 Å². The van der Waals surface area contributed by atoms with Gasteiger partial charge in [0.05, 0.1) is 23.8 Å². The molecule has 1 unspecified atom stereocenters. The van der Waals surface area contributed by atoms with E-state index in [0.29, 0.717) is 11.3 Å². The van der Waals surface area contributed by atoms with Crippen LogP contribution in [0.1, 0.15) is 17.0 Å². The fourth-order valence-electron chi connectivity index (χ4n) is 2.69. The normalized spacial score (nSPS) is 15.9. The second-order valence-corrected chi connectivity index (χ2v) is 5.26. The molecule has 0 fully saturated rings. The third-order valence-corrected chi connectivity index (χ3v) is 3.95. The molecule has 0 radical (unpaired) electrons. The highest BCUT2D eigenvalue weighted by Crippen LogP contribution is 2.36. The molecule has 1 aromatic carbocycles. The van der Waals surface area contributed by atoms with E-state index in [4.69, 9.17) is 4.74 Å². The number of anilines is 1. The Labute approximate surface area is 135 Å². The van der Waals surface area contributed by atoms with Gasteiger partial charge in [-0.1, -0.05) is 12.1 Å². The molecular weight excluding hydrogens is 316 g/mol. The summed E-state index contributed by atoms with van der Waals surface area (Å²) in [6.07, 6.45) is 1.19. The van der Waals surface area contributed by atoms with Crippen molar-refractivity contribution in [2.75, 3.05) is 12.4 Å². The molecule has 1 atom stereocenters. The summed E-state index contributed by atoms with van der Waals surface area (Å²) in [7, 11) is 2.83. The van der Waals surface area contributed by atoms with E-state index in [-0.39, 0.29) is 17.1 Å². The molecule has 0 bridgehead atoms. The molecule has 9 nitrogen and oxygen atoms in total. The summed E-state index contributed by atoms with van der Waals surface area (Å²) in [6.45, 7) is 0. The van der Waals surface area contributed by atoms with Crippen molar-refractivity contribution < 1.29 is 9.66 Å². The fraction of sp³-hybridized carbons (Fsp3) is 0.200. The lowest BCUT2D eigenvalue weighted by molar-refractivity contribution is -0.429. The van der Waals surface area contributed by atoms with E-state index in [0.717, 1.165) is 4.57 Å². The lowest BCUT2D eigenvalue weighted by atomic mass is 9.88. The fourth-order valence-corrected chi connectivity index (χ4v) is 2.69. The molecule has 1 aliphatic rings. The third-order valence-electron chi connectivity index (χ3n) is 3.95. The SMILES string of the molecule is COc1ccc(C2C([N+](=O)[O-])=CNc3[nH]c(=O)n(C)c(=O)c32)cc1. The molecule has 1 aliphatic heterocycles. The highest BCUT2D eigenvalue weighted by Gasteiger charge is 2.36. The Morgan fingerprint density at radius 3 is 2.50 bits per heavy atom. The largest absolute Gasteiger partial charge is 0.497 e. The summed E-state index contributed by atoms with van der Waals surface area (Å²) >= 11 is 0. The van der Waals surface area contributed by atoms with Gasteiger partial charge in [-0.2, -0.15) is 0 Å². The van der Waals surface area contributed by atoms with Crippen LogP contribution < -0.4 is 21.3 Å². The number of hydrogen-bond acceptors (Lipinski definition) is 6. The highest BCUT2D eigenvalue weighted by atomic mass is 16.6. The lowest BCUT2D eigenvalue weighted by Crippen LogP contribution is -2.39. The Morgan fingerprint density at radius 2 is 1.92 bits per heavy atom. The van der Waals surface area contributed by atoms with Crippen molar-refractivity contribution in [1.29, 1.82) is 0 Å². The summed E-state index contributed by atoms with van der Waals surface area (Å²) in [5.41, 5.74) is -0.703. The molecule has 0 saturated heterocycles. The van der Waals surface area contributed by atoms with Crippen LogP contribution in [0.3, 0.4) is 0 Å². The van der Waals surface area contributed by atoms with E-state index in [1.165, 1.54) is 20.4 Å². The van der Waals surface area contributed by atoms with Crippen LogP contribution in [-0.2, 0) is 7.05 Å². The summed E-state index contributed by atoms with van der Waals surface area (Å²) in [5.74, 6) is -0.152. The van der Waals surface area contributed by atoms with Crippen molar-refractivity contribution in [2.45, 2.75) is 5.92 Å². The number of aromatic amines is 1. The van der Waals surface area contributed by atoms with Crippen LogP contribution >= 0.6 is 0 Å². The quantitative estimate of drug-likeness (QED) is 0.633. The molecule has 2 N–H and O–H groups in total. The minimum absolute atomic E-state index is 0.122. The van der Waals surface area contributed by atoms with Crippen molar-refractivity contribution in [3.8, 4) is 5.75 Å². The summed E-state index contributed by atoms with van der Waals surface area (Å²) in [6, 6.07) is 6.62. The molecule has 1 aromatic heterocycles. The number of aromatic nitrogens is 2. The Hall–Kier alpha value is -3.36. The molecule has 3 rings (SSSR count). The maximum absolute atomic E-state index is 12.5. The first-order valence-corrected chi connectivity index (χ1v) is 7.02. The molecule has 0 saturated carbocycles. The van der Waals surface area contributed by atoms with Crippen LogP contribution in [0.5, 0.6) is 5.75 Å². The number of nitrogens with zero attached hydrogens (tertiary/aromatic N) is 2. The minimum atomic E-state index is -0.905. The number of H-pyrrole nitrogens is 1. The van der Waals surface area contributed by atoms with Gasteiger partial charge in [0, 0.05) is 7.05 Å². The van der Waals surface area contributed by atoms with Crippen LogP contribution in [0.4, 0.5) is 5.82 Å². The molecule has 2 aromatic rings. The number of ether oxygens (including phenoxy) is 1. The minimum Gasteiger partial charge on any atom is -0.497 e. The van der Waals surface area contributed by atoms with E-state index >= 15 is 0 Å². The molecule has 24 heavy (non-hydrogen) atoms. The topological polar surface area (TPSA) is 119 Å². The standard InChI is InChI=1S/C15H14N4O5/c1-18-14(20)12-11(8-3-5-9(24-2)6-4-8)10(19(22)23)7-16-13(12)17-15(18)21/h3-7,11,16H,1-2H3,(H,17,21). The number of methoxy groups -OCH3 is 1. The van der Waals surface area contributed by atoms with Gasteiger partial charge >= 0.3 is 5.69 Å². The van der Waals surface area contributed by atoms with Gasteiger partial charge in [0.15, 0.2) is 0 Å². The number of nitro groups is 1. The Morgan fingerprint density at radius 1 is 1.25 bits per heavy atom. The predicted molar refractivity (Wildman–Crippen MR) is 85.8 cm³/mol. The van der Waals surface area contributed by atoms with Gasteiger partial charge in [-0.05, 0) is 17.7 Å². The molecule has 0 spiro atoms. The molecule has 9 heteroatoms. The zero-order valence-electron chi connectivity index (χ0n) is 12.9. The summed E-state index contributed by atoms with van der Waals surface area (Å²) in [4.78, 5) is 37.7. The second kappa shape index (κ2) is 5.69. The van der Waals surface area contributed by atoms with Crippen molar-refractivity contribution in [3.63, 3.8) is 0 Å². The first-order valence-electron chi connectivity index (χ1n) is 7.02. The molecular formula is C15H14N4O5. The molecule has 0 aliphatic carbocycles. The summed E-state index contributed by atoms with van der Waals surface area (Å²) in [5, 5.41) is 14.1. The van der Waals surface area contributed by atoms with Gasteiger partial charge in [-0.3, -0.25) is 24.5 Å². The van der Waals surface area contributed by atoms with Gasteiger partial charge in [0.2, 0.25) is 0 Å². The van der Waals surface area contributed by atoms with E-state index in [1.54, 1.807) is 24.3 Å². The lowest BCUT2D eigenvalue weighted by Gasteiger charge is -2.22. The number of benzene rings is 1. The summed E-state index contributed by atoms with van der Waals surface area (Å²) < 4.78 is 5.97. The van der Waals surface area contributed by atoms with Crippen LogP contribution in [0.15, 0.2) is 45.8 Å². The Kier molecular flexibility index (Phi) is 3.68. The molecule has 2 heterocycles. The average Bonchev–Trinajstić information content (AvgIpc) is 2.58. The predicted octanol–water partition coefficient (Wildman–Crippen LogP) is 0.758. The smallest absolute Gasteiger partial charge is 0.329 e. The third kappa shape index (κ3) is 2.35. The van der Waals surface area contributed by atoms with E-state index < -0.39 is 22.1 Å². The van der Waals surface area contributed by atoms with Crippen LogP contribution in [0.2, 0.25) is 0 Å². The second-order valence-electron chi connectivity index (χ2n) is 5.26. The zero-order valence-corrected chi connectivity index (χ0v) is 12.9. The van der Waals surface area contributed by atoms with E-state index in [9.17, 15) is 19.7 Å². The van der Waals surface area contributed by atoms with E-state index in [1.807, 2.05) is 0 Å². The number of allylic oxidation sites excluding steroid dienone is 1. The van der Waals surface area contributed by atoms with Crippen molar-refractivity contribution in [1.82, 2.24) is 9.55 Å². The van der Waals surface area contributed by atoms with Gasteiger partial charge in [-0.15, -0.1) is 0 Å². The highest BCUT2D eigenvalue weighted by molar-refractivity contribution is 5.57. The van der Waals surface area contributed by atoms with E-state index in [2.05, 4.69) is 10.3 Å². The van der Waals surface area contributed by atoms with Crippen molar-refractivity contribution >= 4 is 5.82 Å². The average molecular weight is 330 g/mol. The number of fused-ring (bicyclic) bond motifs is 1. The first-order chi connectivity index (χ1) is 11.4. The molecule has 0 amide bonds. The maximum Gasteiger partial charge on any atom is 0.329 e. The van der Waals surface area contributed by atoms with Gasteiger partial charge in [0.25, 0.3) is 11.3 Å². The maximum atomic E-state index is 12.5. The van der Waals surface area contributed by atoms with Gasteiger partial charge in [-0.25, -0.2) is 4.79 Å². The van der Waals surface area contributed by atoms with Crippen LogP contribution in [0, 0.1) is 10.1 Å². The Bertz CT molecular complexity index is 955. The van der Waals surface area contributed by atoms with Gasteiger partial charge < -0.3 is 10.1 Å². The number of hydrogen-bond donors (Lipinski definition) is 2. The first kappa shape index (κ1) is 15.5.